The van der Waals surface area contributed by atoms with Crippen LogP contribution in [0.4, 0.5) is 6.01 Å². The predicted octanol–water partition coefficient (Wildman–Crippen LogP) is 4.01. The van der Waals surface area contributed by atoms with E-state index in [0.717, 1.165) is 22.4 Å². The molecule has 0 fully saturated rings. The molecule has 0 bridgehead atoms. The van der Waals surface area contributed by atoms with Crippen molar-refractivity contribution in [2.45, 2.75) is 12.6 Å². The van der Waals surface area contributed by atoms with E-state index in [1.165, 1.54) is 0 Å². The van der Waals surface area contributed by atoms with Crippen LogP contribution in [0.2, 0.25) is 0 Å². The van der Waals surface area contributed by atoms with Crippen LogP contribution < -0.4 is 5.32 Å². The van der Waals surface area contributed by atoms with Crippen molar-refractivity contribution in [2.24, 2.45) is 4.99 Å². The van der Waals surface area contributed by atoms with Gasteiger partial charge in [-0.1, -0.05) is 65.8 Å². The topological polar surface area (TPSA) is 104 Å². The average Bonchev–Trinajstić information content (AvgIpc) is 3.26. The summed E-state index contributed by atoms with van der Waals surface area (Å²) in [7, 11) is 0. The number of carbonyl (C=O) groups is 1. The lowest BCUT2D eigenvalue weighted by Gasteiger charge is -2.11. The summed E-state index contributed by atoms with van der Waals surface area (Å²) in [5.74, 6) is 0.149. The number of anilines is 1. The van der Waals surface area contributed by atoms with Crippen LogP contribution in [0.25, 0.3) is 11.5 Å². The molecule has 7 nitrogen and oxygen atoms in total. The van der Waals surface area contributed by atoms with E-state index in [0.29, 0.717) is 11.1 Å². The SMILES string of the molecule is N#Cc1cccc(-c2nnc(NC3N=C(c4ccccc4)c4ccccc4CC3=O)o2)c1. The van der Waals surface area contributed by atoms with Crippen LogP contribution in [0.15, 0.2) is 88.3 Å². The largest absolute Gasteiger partial charge is 0.403 e. The van der Waals surface area contributed by atoms with Gasteiger partial charge in [-0.2, -0.15) is 5.26 Å². The maximum Gasteiger partial charge on any atom is 0.317 e. The summed E-state index contributed by atoms with van der Waals surface area (Å²) in [5, 5.41) is 20.1. The molecular formula is C25H17N5O2. The van der Waals surface area contributed by atoms with Gasteiger partial charge in [-0.05, 0) is 23.8 Å². The third kappa shape index (κ3) is 3.77. The fourth-order valence-corrected chi connectivity index (χ4v) is 3.64. The Morgan fingerprint density at radius 1 is 0.938 bits per heavy atom. The van der Waals surface area contributed by atoms with Crippen molar-refractivity contribution in [3.63, 3.8) is 0 Å². The number of Topliss-reactive ketones (excluding diaryl/α,β-unsaturated/α-hetero) is 1. The second-order valence-electron chi connectivity index (χ2n) is 7.30. The summed E-state index contributed by atoms with van der Waals surface area (Å²) < 4.78 is 5.71. The molecule has 1 aliphatic rings. The number of carbonyl (C=O) groups excluding carboxylic acids is 1. The number of aromatic nitrogens is 2. The molecule has 0 aliphatic carbocycles. The van der Waals surface area contributed by atoms with Gasteiger partial charge in [0.1, 0.15) is 0 Å². The van der Waals surface area contributed by atoms with Crippen molar-refractivity contribution in [1.82, 2.24) is 10.2 Å². The Kier molecular flexibility index (Phi) is 5.02. The first-order chi connectivity index (χ1) is 15.7. The Bertz CT molecular complexity index is 1370. The highest BCUT2D eigenvalue weighted by Crippen LogP contribution is 2.24. The molecule has 5 rings (SSSR count). The van der Waals surface area contributed by atoms with Gasteiger partial charge in [-0.3, -0.25) is 9.79 Å². The lowest BCUT2D eigenvalue weighted by atomic mass is 9.96. The van der Waals surface area contributed by atoms with E-state index in [-0.39, 0.29) is 24.1 Å². The summed E-state index contributed by atoms with van der Waals surface area (Å²) in [4.78, 5) is 17.8. The standard InChI is InChI=1S/C25H17N5O2/c26-15-16-7-6-11-19(13-16)24-29-30-25(32-24)28-23-21(31)14-18-10-4-5-12-20(18)22(27-23)17-8-2-1-3-9-17/h1-13,23H,14H2,(H,28,30). The summed E-state index contributed by atoms with van der Waals surface area (Å²) in [6.07, 6.45) is -0.643. The third-order valence-electron chi connectivity index (χ3n) is 5.17. The number of hydrogen-bond donors (Lipinski definition) is 1. The van der Waals surface area contributed by atoms with Gasteiger partial charge in [0.2, 0.25) is 5.89 Å². The summed E-state index contributed by atoms with van der Waals surface area (Å²) >= 11 is 0. The quantitative estimate of drug-likeness (QED) is 0.536. The monoisotopic (exact) mass is 419 g/mol. The van der Waals surface area contributed by atoms with E-state index in [9.17, 15) is 4.79 Å². The van der Waals surface area contributed by atoms with E-state index in [2.05, 4.69) is 21.6 Å². The number of fused-ring (bicyclic) bond motifs is 1. The Labute approximate surface area is 184 Å². The smallest absolute Gasteiger partial charge is 0.317 e. The summed E-state index contributed by atoms with van der Waals surface area (Å²) in [6, 6.07) is 26.6. The van der Waals surface area contributed by atoms with Gasteiger partial charge in [-0.25, -0.2) is 0 Å². The van der Waals surface area contributed by atoms with Crippen molar-refractivity contribution in [3.8, 4) is 17.5 Å². The van der Waals surface area contributed by atoms with Crippen molar-refractivity contribution in [3.05, 3.63) is 101 Å². The van der Waals surface area contributed by atoms with E-state index in [4.69, 9.17) is 14.7 Å². The maximum absolute atomic E-state index is 13.0. The molecule has 4 aromatic rings. The van der Waals surface area contributed by atoms with Gasteiger partial charge in [0, 0.05) is 23.1 Å². The molecule has 0 radical (unpaired) electrons. The van der Waals surface area contributed by atoms with Crippen molar-refractivity contribution >= 4 is 17.5 Å². The van der Waals surface area contributed by atoms with E-state index in [1.54, 1.807) is 24.3 Å². The Hall–Kier alpha value is -4.57. The van der Waals surface area contributed by atoms with Crippen LogP contribution >= 0.6 is 0 Å². The highest BCUT2D eigenvalue weighted by Gasteiger charge is 2.27. The van der Waals surface area contributed by atoms with Gasteiger partial charge >= 0.3 is 6.01 Å². The first-order valence-electron chi connectivity index (χ1n) is 10.1. The zero-order valence-electron chi connectivity index (χ0n) is 16.9. The molecule has 2 heterocycles. The molecule has 1 unspecified atom stereocenters. The van der Waals surface area contributed by atoms with Crippen LogP contribution in [-0.2, 0) is 11.2 Å². The Morgan fingerprint density at radius 2 is 1.72 bits per heavy atom. The van der Waals surface area contributed by atoms with Crippen LogP contribution in [0.3, 0.4) is 0 Å². The zero-order valence-corrected chi connectivity index (χ0v) is 16.9. The lowest BCUT2D eigenvalue weighted by molar-refractivity contribution is -0.119. The number of benzene rings is 3. The number of rotatable bonds is 4. The minimum absolute atomic E-state index is 0.0860. The minimum Gasteiger partial charge on any atom is -0.403 e. The molecule has 1 aromatic heterocycles. The number of ketones is 1. The molecule has 1 aliphatic heterocycles. The molecule has 0 spiro atoms. The maximum atomic E-state index is 13.0. The summed E-state index contributed by atoms with van der Waals surface area (Å²) in [6.45, 7) is 0. The Morgan fingerprint density at radius 3 is 2.56 bits per heavy atom. The van der Waals surface area contributed by atoms with Crippen LogP contribution in [0.5, 0.6) is 0 Å². The number of nitrogens with one attached hydrogen (secondary N) is 1. The van der Waals surface area contributed by atoms with Gasteiger partial charge < -0.3 is 9.73 Å². The van der Waals surface area contributed by atoms with Crippen LogP contribution in [-0.4, -0.2) is 27.9 Å². The van der Waals surface area contributed by atoms with Crippen molar-refractivity contribution in [2.75, 3.05) is 5.32 Å². The molecule has 32 heavy (non-hydrogen) atoms. The first kappa shape index (κ1) is 19.4. The highest BCUT2D eigenvalue weighted by atomic mass is 16.4. The number of nitrogens with zero attached hydrogens (tertiary/aromatic N) is 4. The van der Waals surface area contributed by atoms with E-state index < -0.39 is 6.17 Å². The van der Waals surface area contributed by atoms with Gasteiger partial charge in [-0.15, -0.1) is 5.10 Å². The number of hydrogen-bond acceptors (Lipinski definition) is 7. The normalized spacial score (nSPS) is 15.3. The number of aliphatic imine (C=N–C) groups is 1. The van der Waals surface area contributed by atoms with E-state index >= 15 is 0 Å². The molecule has 1 N–H and O–H groups in total. The minimum atomic E-state index is -0.878. The zero-order chi connectivity index (χ0) is 21.9. The lowest BCUT2D eigenvalue weighted by Crippen LogP contribution is -2.29. The van der Waals surface area contributed by atoms with Crippen molar-refractivity contribution < 1.29 is 9.21 Å². The fraction of sp³-hybridized carbons (Fsp3) is 0.0800. The van der Waals surface area contributed by atoms with E-state index in [1.807, 2.05) is 54.6 Å². The molecule has 1 atom stereocenters. The van der Waals surface area contributed by atoms with Crippen LogP contribution in [0, 0.1) is 11.3 Å². The fourth-order valence-electron chi connectivity index (χ4n) is 3.64. The molecule has 7 heteroatoms. The second-order valence-corrected chi connectivity index (χ2v) is 7.30. The molecule has 154 valence electrons. The van der Waals surface area contributed by atoms with Gasteiger partial charge in [0.25, 0.3) is 0 Å². The second kappa shape index (κ2) is 8.28. The molecule has 3 aromatic carbocycles. The predicted molar refractivity (Wildman–Crippen MR) is 119 cm³/mol. The molecule has 0 saturated heterocycles. The first-order valence-corrected chi connectivity index (χ1v) is 10.1. The van der Waals surface area contributed by atoms with Crippen molar-refractivity contribution in [1.29, 1.82) is 5.26 Å². The molecule has 0 amide bonds. The average molecular weight is 419 g/mol. The molecule has 0 saturated carbocycles. The third-order valence-corrected chi connectivity index (χ3v) is 5.17. The van der Waals surface area contributed by atoms with Gasteiger partial charge in [0.05, 0.1) is 17.3 Å². The van der Waals surface area contributed by atoms with Crippen LogP contribution in [0.1, 0.15) is 22.3 Å². The summed E-state index contributed by atoms with van der Waals surface area (Å²) in [5.41, 5.74) is 4.61. The Balaban J connectivity index is 1.49. The number of nitriles is 1. The van der Waals surface area contributed by atoms with Gasteiger partial charge in [0.15, 0.2) is 11.9 Å². The highest BCUT2D eigenvalue weighted by molar-refractivity contribution is 6.16. The molecular weight excluding hydrogens is 402 g/mol.